The van der Waals surface area contributed by atoms with Crippen LogP contribution in [0.3, 0.4) is 0 Å². The third kappa shape index (κ3) is 6.01. The number of nitrogens with zero attached hydrogens (tertiary/aromatic N) is 1. The lowest BCUT2D eigenvalue weighted by Crippen LogP contribution is -2.25. The van der Waals surface area contributed by atoms with E-state index in [0.29, 0.717) is 12.4 Å². The molecule has 0 unspecified atom stereocenters. The second-order valence-electron chi connectivity index (χ2n) is 5.82. The SMILES string of the molecule is O=C(CNc1ccccc1)N/N=C/c1ccccc1OCc1ccccc1. The van der Waals surface area contributed by atoms with E-state index in [2.05, 4.69) is 15.8 Å². The van der Waals surface area contributed by atoms with Crippen LogP contribution >= 0.6 is 0 Å². The molecule has 0 aromatic heterocycles. The van der Waals surface area contributed by atoms with E-state index in [1.54, 1.807) is 6.21 Å². The Balaban J connectivity index is 1.51. The van der Waals surface area contributed by atoms with E-state index in [9.17, 15) is 4.79 Å². The highest BCUT2D eigenvalue weighted by Crippen LogP contribution is 2.17. The van der Waals surface area contributed by atoms with Gasteiger partial charge in [0.1, 0.15) is 12.4 Å². The van der Waals surface area contributed by atoms with Crippen LogP contribution in [0.15, 0.2) is 90.0 Å². The lowest BCUT2D eigenvalue weighted by atomic mass is 10.2. The van der Waals surface area contributed by atoms with Gasteiger partial charge in [-0.3, -0.25) is 4.79 Å². The Morgan fingerprint density at radius 3 is 2.33 bits per heavy atom. The van der Waals surface area contributed by atoms with Crippen molar-refractivity contribution in [1.82, 2.24) is 5.43 Å². The number of anilines is 1. The molecule has 0 aliphatic carbocycles. The van der Waals surface area contributed by atoms with Gasteiger partial charge in [-0.15, -0.1) is 0 Å². The minimum atomic E-state index is -0.224. The molecule has 27 heavy (non-hydrogen) atoms. The number of rotatable bonds is 8. The van der Waals surface area contributed by atoms with E-state index in [4.69, 9.17) is 4.74 Å². The minimum Gasteiger partial charge on any atom is -0.488 e. The molecule has 0 saturated heterocycles. The number of amides is 1. The first-order valence-electron chi connectivity index (χ1n) is 8.68. The van der Waals surface area contributed by atoms with E-state index in [-0.39, 0.29) is 12.5 Å². The Morgan fingerprint density at radius 1 is 0.889 bits per heavy atom. The molecule has 1 amide bonds. The third-order valence-corrected chi connectivity index (χ3v) is 3.78. The number of para-hydroxylation sites is 2. The lowest BCUT2D eigenvalue weighted by Gasteiger charge is -2.09. The van der Waals surface area contributed by atoms with Crippen LogP contribution in [0.2, 0.25) is 0 Å². The summed E-state index contributed by atoms with van der Waals surface area (Å²) >= 11 is 0. The lowest BCUT2D eigenvalue weighted by molar-refractivity contribution is -0.119. The predicted octanol–water partition coefficient (Wildman–Crippen LogP) is 3.83. The van der Waals surface area contributed by atoms with Crippen LogP contribution in [-0.2, 0) is 11.4 Å². The fourth-order valence-electron chi connectivity index (χ4n) is 2.41. The monoisotopic (exact) mass is 359 g/mol. The third-order valence-electron chi connectivity index (χ3n) is 3.78. The van der Waals surface area contributed by atoms with Crippen molar-refractivity contribution in [2.75, 3.05) is 11.9 Å². The molecule has 0 atom stereocenters. The maximum atomic E-state index is 11.9. The fraction of sp³-hybridized carbons (Fsp3) is 0.0909. The molecule has 5 heteroatoms. The highest BCUT2D eigenvalue weighted by atomic mass is 16.5. The van der Waals surface area contributed by atoms with Gasteiger partial charge in [0.25, 0.3) is 5.91 Å². The average molecular weight is 359 g/mol. The zero-order valence-electron chi connectivity index (χ0n) is 14.8. The van der Waals surface area contributed by atoms with Crippen LogP contribution in [0.5, 0.6) is 5.75 Å². The van der Waals surface area contributed by atoms with Gasteiger partial charge in [0, 0.05) is 11.3 Å². The summed E-state index contributed by atoms with van der Waals surface area (Å²) in [6.45, 7) is 0.618. The predicted molar refractivity (Wildman–Crippen MR) is 108 cm³/mol. The number of benzene rings is 3. The number of hydrazone groups is 1. The van der Waals surface area contributed by atoms with Gasteiger partial charge in [-0.05, 0) is 29.8 Å². The van der Waals surface area contributed by atoms with Crippen molar-refractivity contribution in [2.24, 2.45) is 5.10 Å². The first-order chi connectivity index (χ1) is 13.3. The quantitative estimate of drug-likeness (QED) is 0.475. The molecule has 3 aromatic rings. The van der Waals surface area contributed by atoms with Gasteiger partial charge in [-0.1, -0.05) is 60.7 Å². The van der Waals surface area contributed by atoms with Crippen LogP contribution in [0.1, 0.15) is 11.1 Å². The van der Waals surface area contributed by atoms with Gasteiger partial charge < -0.3 is 10.1 Å². The number of ether oxygens (including phenoxy) is 1. The molecule has 3 rings (SSSR count). The van der Waals surface area contributed by atoms with Gasteiger partial charge in [-0.25, -0.2) is 5.43 Å². The Hall–Kier alpha value is -3.60. The smallest absolute Gasteiger partial charge is 0.259 e. The van der Waals surface area contributed by atoms with Crippen molar-refractivity contribution in [2.45, 2.75) is 6.61 Å². The molecule has 5 nitrogen and oxygen atoms in total. The Bertz CT molecular complexity index is 880. The van der Waals surface area contributed by atoms with Crippen molar-refractivity contribution < 1.29 is 9.53 Å². The summed E-state index contributed by atoms with van der Waals surface area (Å²) in [6.07, 6.45) is 1.58. The highest BCUT2D eigenvalue weighted by Gasteiger charge is 2.02. The first kappa shape index (κ1) is 18.2. The summed E-state index contributed by atoms with van der Waals surface area (Å²) < 4.78 is 5.87. The summed E-state index contributed by atoms with van der Waals surface area (Å²) in [4.78, 5) is 11.9. The minimum absolute atomic E-state index is 0.146. The topological polar surface area (TPSA) is 62.7 Å². The molecule has 3 aromatic carbocycles. The Kier molecular flexibility index (Phi) is 6.59. The normalized spacial score (nSPS) is 10.5. The molecule has 0 spiro atoms. The average Bonchev–Trinajstić information content (AvgIpc) is 2.73. The summed E-state index contributed by atoms with van der Waals surface area (Å²) in [7, 11) is 0. The van der Waals surface area contributed by atoms with Gasteiger partial charge >= 0.3 is 0 Å². The molecule has 0 fully saturated rings. The maximum Gasteiger partial charge on any atom is 0.259 e. The summed E-state index contributed by atoms with van der Waals surface area (Å²) in [5.74, 6) is 0.486. The maximum absolute atomic E-state index is 11.9. The zero-order chi connectivity index (χ0) is 18.7. The second-order valence-corrected chi connectivity index (χ2v) is 5.82. The van der Waals surface area contributed by atoms with Crippen LogP contribution in [0, 0.1) is 0 Å². The summed E-state index contributed by atoms with van der Waals surface area (Å²) in [5.41, 5.74) is 5.28. The van der Waals surface area contributed by atoms with Gasteiger partial charge in [0.15, 0.2) is 0 Å². The highest BCUT2D eigenvalue weighted by molar-refractivity contribution is 5.86. The molecule has 0 bridgehead atoms. The van der Waals surface area contributed by atoms with E-state index in [1.165, 1.54) is 0 Å². The molecule has 0 aliphatic heterocycles. The Labute approximate surface area is 158 Å². The van der Waals surface area contributed by atoms with Crippen LogP contribution in [0.4, 0.5) is 5.69 Å². The van der Waals surface area contributed by atoms with E-state index in [0.717, 1.165) is 16.8 Å². The van der Waals surface area contributed by atoms with Gasteiger partial charge in [0.2, 0.25) is 0 Å². The molecule has 136 valence electrons. The molecule has 0 heterocycles. The van der Waals surface area contributed by atoms with E-state index >= 15 is 0 Å². The standard InChI is InChI=1S/C22H21N3O2/c26-22(16-23-20-12-5-2-6-13-20)25-24-15-19-11-7-8-14-21(19)27-17-18-9-3-1-4-10-18/h1-15,23H,16-17H2,(H,25,26)/b24-15+. The van der Waals surface area contributed by atoms with Crippen molar-refractivity contribution >= 4 is 17.8 Å². The molecular weight excluding hydrogens is 338 g/mol. The number of carbonyl (C=O) groups excluding carboxylic acids is 1. The van der Waals surface area contributed by atoms with Crippen LogP contribution in [-0.4, -0.2) is 18.7 Å². The first-order valence-corrected chi connectivity index (χ1v) is 8.68. The zero-order valence-corrected chi connectivity index (χ0v) is 14.8. The molecule has 0 aliphatic rings. The van der Waals surface area contributed by atoms with Crippen molar-refractivity contribution in [3.8, 4) is 5.75 Å². The Morgan fingerprint density at radius 2 is 1.56 bits per heavy atom. The van der Waals surface area contributed by atoms with E-state index < -0.39 is 0 Å². The van der Waals surface area contributed by atoms with Crippen molar-refractivity contribution in [3.05, 3.63) is 96.1 Å². The number of hydrogen-bond acceptors (Lipinski definition) is 4. The fourth-order valence-corrected chi connectivity index (χ4v) is 2.41. The van der Waals surface area contributed by atoms with Crippen molar-refractivity contribution in [1.29, 1.82) is 0 Å². The number of hydrogen-bond donors (Lipinski definition) is 2. The van der Waals surface area contributed by atoms with Gasteiger partial charge in [0.05, 0.1) is 12.8 Å². The molecule has 0 saturated carbocycles. The van der Waals surface area contributed by atoms with Crippen LogP contribution in [0.25, 0.3) is 0 Å². The van der Waals surface area contributed by atoms with Gasteiger partial charge in [-0.2, -0.15) is 5.10 Å². The summed E-state index contributed by atoms with van der Waals surface area (Å²) in [5, 5.41) is 7.06. The summed E-state index contributed by atoms with van der Waals surface area (Å²) in [6, 6.07) is 27.1. The number of nitrogens with one attached hydrogen (secondary N) is 2. The van der Waals surface area contributed by atoms with Crippen molar-refractivity contribution in [3.63, 3.8) is 0 Å². The second kappa shape index (κ2) is 9.77. The largest absolute Gasteiger partial charge is 0.488 e. The molecule has 0 radical (unpaired) electrons. The molecule has 2 N–H and O–H groups in total. The van der Waals surface area contributed by atoms with E-state index in [1.807, 2.05) is 84.9 Å². The number of carbonyl (C=O) groups is 1. The van der Waals surface area contributed by atoms with Crippen LogP contribution < -0.4 is 15.5 Å². The molecular formula is C22H21N3O2.